The first kappa shape index (κ1) is 11.9. The third-order valence-electron chi connectivity index (χ3n) is 2.38. The molecule has 0 atom stereocenters. The van der Waals surface area contributed by atoms with Crippen LogP contribution in [0.4, 0.5) is 0 Å². The highest BCUT2D eigenvalue weighted by atomic mass is 79.9. The standard InChI is InChI=1S/C14H11BrO2/c1-10-8-11(9-16)2-7-14(10)17-13-5-3-12(15)4-6-13/h2-9H,1H3. The van der Waals surface area contributed by atoms with Crippen molar-refractivity contribution in [3.63, 3.8) is 0 Å². The van der Waals surface area contributed by atoms with Gasteiger partial charge >= 0.3 is 0 Å². The van der Waals surface area contributed by atoms with Crippen LogP contribution in [-0.2, 0) is 0 Å². The highest BCUT2D eigenvalue weighted by Crippen LogP contribution is 2.26. The molecule has 17 heavy (non-hydrogen) atoms. The highest BCUT2D eigenvalue weighted by Gasteiger charge is 2.02. The SMILES string of the molecule is Cc1cc(C=O)ccc1Oc1ccc(Br)cc1. The molecule has 0 aliphatic heterocycles. The Kier molecular flexibility index (Phi) is 3.59. The summed E-state index contributed by atoms with van der Waals surface area (Å²) in [5, 5.41) is 0. The second-order valence-corrected chi connectivity index (χ2v) is 4.61. The van der Waals surface area contributed by atoms with Gasteiger partial charge in [0.05, 0.1) is 0 Å². The molecule has 0 radical (unpaired) electrons. The zero-order valence-electron chi connectivity index (χ0n) is 9.31. The van der Waals surface area contributed by atoms with E-state index in [1.807, 2.05) is 31.2 Å². The highest BCUT2D eigenvalue weighted by molar-refractivity contribution is 9.10. The summed E-state index contributed by atoms with van der Waals surface area (Å²) in [6.07, 6.45) is 0.830. The molecular weight excluding hydrogens is 280 g/mol. The number of aldehydes is 1. The van der Waals surface area contributed by atoms with Gasteiger partial charge in [-0.25, -0.2) is 0 Å². The van der Waals surface area contributed by atoms with E-state index in [0.29, 0.717) is 5.56 Å². The number of carbonyl (C=O) groups excluding carboxylic acids is 1. The molecular formula is C14H11BrO2. The number of halogens is 1. The predicted molar refractivity (Wildman–Crippen MR) is 70.8 cm³/mol. The Balaban J connectivity index is 2.24. The van der Waals surface area contributed by atoms with Crippen molar-refractivity contribution in [1.29, 1.82) is 0 Å². The summed E-state index contributed by atoms with van der Waals surface area (Å²) < 4.78 is 6.74. The second kappa shape index (κ2) is 5.15. The van der Waals surface area contributed by atoms with E-state index >= 15 is 0 Å². The molecule has 2 nitrogen and oxygen atoms in total. The van der Waals surface area contributed by atoms with E-state index < -0.39 is 0 Å². The van der Waals surface area contributed by atoms with Gasteiger partial charge in [0.2, 0.25) is 0 Å². The van der Waals surface area contributed by atoms with Crippen LogP contribution >= 0.6 is 15.9 Å². The van der Waals surface area contributed by atoms with E-state index in [1.54, 1.807) is 18.2 Å². The fraction of sp³-hybridized carbons (Fsp3) is 0.0714. The number of benzene rings is 2. The van der Waals surface area contributed by atoms with Crippen molar-refractivity contribution in [2.45, 2.75) is 6.92 Å². The Morgan fingerprint density at radius 1 is 1.12 bits per heavy atom. The number of carbonyl (C=O) groups is 1. The quantitative estimate of drug-likeness (QED) is 0.785. The molecule has 0 fully saturated rings. The van der Waals surface area contributed by atoms with Crippen LogP contribution in [0.25, 0.3) is 0 Å². The molecule has 2 aromatic carbocycles. The Morgan fingerprint density at radius 2 is 1.82 bits per heavy atom. The molecule has 0 unspecified atom stereocenters. The Labute approximate surface area is 108 Å². The van der Waals surface area contributed by atoms with Crippen molar-refractivity contribution in [1.82, 2.24) is 0 Å². The van der Waals surface area contributed by atoms with Crippen LogP contribution in [-0.4, -0.2) is 6.29 Å². The van der Waals surface area contributed by atoms with Gasteiger partial charge in [-0.15, -0.1) is 0 Å². The molecule has 0 heterocycles. The minimum absolute atomic E-state index is 0.658. The Hall–Kier alpha value is -1.61. The monoisotopic (exact) mass is 290 g/mol. The fourth-order valence-corrected chi connectivity index (χ4v) is 1.75. The lowest BCUT2D eigenvalue weighted by Crippen LogP contribution is -1.89. The van der Waals surface area contributed by atoms with Crippen LogP contribution in [0.3, 0.4) is 0 Å². The summed E-state index contributed by atoms with van der Waals surface area (Å²) in [5.74, 6) is 1.54. The smallest absolute Gasteiger partial charge is 0.150 e. The summed E-state index contributed by atoms with van der Waals surface area (Å²) in [6, 6.07) is 13.0. The van der Waals surface area contributed by atoms with Crippen LogP contribution in [0.1, 0.15) is 15.9 Å². The molecule has 3 heteroatoms. The molecule has 0 saturated carbocycles. The lowest BCUT2D eigenvalue weighted by atomic mass is 10.1. The van der Waals surface area contributed by atoms with E-state index in [4.69, 9.17) is 4.74 Å². The van der Waals surface area contributed by atoms with Crippen molar-refractivity contribution in [2.24, 2.45) is 0 Å². The van der Waals surface area contributed by atoms with Crippen LogP contribution < -0.4 is 4.74 Å². The van der Waals surface area contributed by atoms with Gasteiger partial charge < -0.3 is 4.74 Å². The van der Waals surface area contributed by atoms with E-state index in [2.05, 4.69) is 15.9 Å². The summed E-state index contributed by atoms with van der Waals surface area (Å²) >= 11 is 3.37. The lowest BCUT2D eigenvalue weighted by molar-refractivity contribution is 0.112. The topological polar surface area (TPSA) is 26.3 Å². The first-order valence-electron chi connectivity index (χ1n) is 5.18. The average molecular weight is 291 g/mol. The lowest BCUT2D eigenvalue weighted by Gasteiger charge is -2.08. The van der Waals surface area contributed by atoms with Gasteiger partial charge in [0.15, 0.2) is 0 Å². The summed E-state index contributed by atoms with van der Waals surface area (Å²) in [5.41, 5.74) is 1.60. The van der Waals surface area contributed by atoms with E-state index in [1.165, 1.54) is 0 Å². The average Bonchev–Trinajstić information content (AvgIpc) is 2.34. The Bertz CT molecular complexity index is 532. The zero-order valence-corrected chi connectivity index (χ0v) is 10.9. The van der Waals surface area contributed by atoms with Crippen molar-refractivity contribution in [2.75, 3.05) is 0 Å². The van der Waals surface area contributed by atoms with Crippen LogP contribution in [0.5, 0.6) is 11.5 Å². The molecule has 2 rings (SSSR count). The van der Waals surface area contributed by atoms with Gasteiger partial charge in [0.25, 0.3) is 0 Å². The van der Waals surface area contributed by atoms with Crippen LogP contribution in [0, 0.1) is 6.92 Å². The van der Waals surface area contributed by atoms with Crippen LogP contribution in [0.2, 0.25) is 0 Å². The fourth-order valence-electron chi connectivity index (χ4n) is 1.49. The van der Waals surface area contributed by atoms with Gasteiger partial charge in [-0.1, -0.05) is 15.9 Å². The number of rotatable bonds is 3. The Morgan fingerprint density at radius 3 is 2.41 bits per heavy atom. The summed E-state index contributed by atoms with van der Waals surface area (Å²) in [7, 11) is 0. The second-order valence-electron chi connectivity index (χ2n) is 3.70. The van der Waals surface area contributed by atoms with Gasteiger partial charge in [-0.3, -0.25) is 4.79 Å². The summed E-state index contributed by atoms with van der Waals surface area (Å²) in [6.45, 7) is 1.92. The van der Waals surface area contributed by atoms with Gasteiger partial charge in [0, 0.05) is 10.0 Å². The maximum atomic E-state index is 10.6. The van der Waals surface area contributed by atoms with Crippen molar-refractivity contribution in [3.8, 4) is 11.5 Å². The molecule has 0 saturated heterocycles. The van der Waals surface area contributed by atoms with Gasteiger partial charge in [-0.2, -0.15) is 0 Å². The summed E-state index contributed by atoms with van der Waals surface area (Å²) in [4.78, 5) is 10.6. The molecule has 0 aliphatic carbocycles. The first-order chi connectivity index (χ1) is 8.19. The minimum Gasteiger partial charge on any atom is -0.457 e. The van der Waals surface area contributed by atoms with E-state index in [9.17, 15) is 4.79 Å². The largest absolute Gasteiger partial charge is 0.457 e. The number of ether oxygens (including phenoxy) is 1. The number of hydrogen-bond acceptors (Lipinski definition) is 2. The molecule has 0 spiro atoms. The van der Waals surface area contributed by atoms with Gasteiger partial charge in [-0.05, 0) is 55.0 Å². The van der Waals surface area contributed by atoms with Crippen molar-refractivity contribution < 1.29 is 9.53 Å². The molecule has 2 aromatic rings. The third kappa shape index (κ3) is 2.94. The minimum atomic E-state index is 0.658. The molecule has 0 aromatic heterocycles. The zero-order chi connectivity index (χ0) is 12.3. The first-order valence-corrected chi connectivity index (χ1v) is 5.97. The van der Waals surface area contributed by atoms with E-state index in [0.717, 1.165) is 27.8 Å². The molecule has 0 aliphatic rings. The number of aryl methyl sites for hydroxylation is 1. The molecule has 0 amide bonds. The van der Waals surface area contributed by atoms with E-state index in [-0.39, 0.29) is 0 Å². The van der Waals surface area contributed by atoms with Gasteiger partial charge in [0.1, 0.15) is 17.8 Å². The number of hydrogen-bond donors (Lipinski definition) is 0. The maximum Gasteiger partial charge on any atom is 0.150 e. The van der Waals surface area contributed by atoms with Crippen molar-refractivity contribution >= 4 is 22.2 Å². The maximum absolute atomic E-state index is 10.6. The third-order valence-corrected chi connectivity index (χ3v) is 2.91. The normalized spacial score (nSPS) is 10.0. The van der Waals surface area contributed by atoms with Crippen molar-refractivity contribution in [3.05, 3.63) is 58.1 Å². The molecule has 0 N–H and O–H groups in total. The van der Waals surface area contributed by atoms with Crippen LogP contribution in [0.15, 0.2) is 46.9 Å². The predicted octanol–water partition coefficient (Wildman–Crippen LogP) is 4.36. The molecule has 86 valence electrons. The molecule has 0 bridgehead atoms.